The summed E-state index contributed by atoms with van der Waals surface area (Å²) in [5.41, 5.74) is 2.15. The Labute approximate surface area is 157 Å². The minimum Gasteiger partial charge on any atom is -0.347 e. The summed E-state index contributed by atoms with van der Waals surface area (Å²) in [5, 5.41) is 17.5. The molecule has 1 aromatic carbocycles. The normalized spacial score (nSPS) is 12.3. The smallest absolute Gasteiger partial charge is 0.244 e. The molecule has 0 aliphatic carbocycles. The summed E-state index contributed by atoms with van der Waals surface area (Å²) in [4.78, 5) is 14.9. The van der Waals surface area contributed by atoms with Crippen molar-refractivity contribution in [1.29, 1.82) is 0 Å². The van der Waals surface area contributed by atoms with Gasteiger partial charge in [0.15, 0.2) is 0 Å². The molecule has 0 spiro atoms. The van der Waals surface area contributed by atoms with Gasteiger partial charge in [0.05, 0.1) is 6.04 Å². The largest absolute Gasteiger partial charge is 0.347 e. The SMILES string of the molecule is CCc1ccc(-c2nnn(CC(=O)N[C@@H](c3cccs3)C(C)C)n2)cc1. The molecule has 0 aliphatic heterocycles. The lowest BCUT2D eigenvalue weighted by Crippen LogP contribution is -2.34. The van der Waals surface area contributed by atoms with E-state index in [0.717, 1.165) is 16.9 Å². The number of hydrogen-bond acceptors (Lipinski definition) is 5. The Morgan fingerprint density at radius 1 is 1.23 bits per heavy atom. The molecular weight excluding hydrogens is 346 g/mol. The van der Waals surface area contributed by atoms with Gasteiger partial charge in [-0.1, -0.05) is 51.1 Å². The first-order chi connectivity index (χ1) is 12.6. The van der Waals surface area contributed by atoms with E-state index in [1.165, 1.54) is 10.4 Å². The first-order valence-corrected chi connectivity index (χ1v) is 9.64. The fourth-order valence-corrected chi connectivity index (χ4v) is 3.65. The molecule has 0 fully saturated rings. The van der Waals surface area contributed by atoms with Crippen LogP contribution in [0.2, 0.25) is 0 Å². The average molecular weight is 369 g/mol. The zero-order chi connectivity index (χ0) is 18.5. The molecule has 1 atom stereocenters. The Balaban J connectivity index is 1.65. The number of carbonyl (C=O) groups excluding carboxylic acids is 1. The van der Waals surface area contributed by atoms with Crippen molar-refractivity contribution in [3.05, 3.63) is 52.2 Å². The lowest BCUT2D eigenvalue weighted by Gasteiger charge is -2.21. The zero-order valence-corrected chi connectivity index (χ0v) is 16.0. The van der Waals surface area contributed by atoms with E-state index < -0.39 is 0 Å². The standard InChI is InChI=1S/C19H23N5OS/c1-4-14-7-9-15(10-8-14)19-21-23-24(22-19)12-17(25)20-18(13(2)3)16-6-5-11-26-16/h5-11,13,18H,4,12H2,1-3H3,(H,20,25)/t18-/m1/s1. The summed E-state index contributed by atoms with van der Waals surface area (Å²) < 4.78 is 0. The molecule has 0 bridgehead atoms. The van der Waals surface area contributed by atoms with E-state index in [9.17, 15) is 4.79 Å². The van der Waals surface area contributed by atoms with Crippen LogP contribution in [0.3, 0.4) is 0 Å². The average Bonchev–Trinajstić information content (AvgIpc) is 3.31. The molecule has 2 aromatic heterocycles. The van der Waals surface area contributed by atoms with Gasteiger partial charge in [-0.2, -0.15) is 4.80 Å². The summed E-state index contributed by atoms with van der Waals surface area (Å²) in [6.45, 7) is 6.35. The molecule has 2 heterocycles. The molecule has 1 N–H and O–H groups in total. The quantitative estimate of drug-likeness (QED) is 0.692. The second-order valence-electron chi connectivity index (χ2n) is 6.50. The van der Waals surface area contributed by atoms with Crippen LogP contribution in [0.25, 0.3) is 11.4 Å². The number of nitrogens with one attached hydrogen (secondary N) is 1. The van der Waals surface area contributed by atoms with Crippen LogP contribution in [0.15, 0.2) is 41.8 Å². The van der Waals surface area contributed by atoms with Crippen LogP contribution < -0.4 is 5.32 Å². The van der Waals surface area contributed by atoms with E-state index in [1.54, 1.807) is 11.3 Å². The number of tetrazole rings is 1. The van der Waals surface area contributed by atoms with Crippen molar-refractivity contribution in [3.8, 4) is 11.4 Å². The third kappa shape index (κ3) is 4.35. The van der Waals surface area contributed by atoms with Gasteiger partial charge in [0.2, 0.25) is 11.7 Å². The predicted octanol–water partition coefficient (Wildman–Crippen LogP) is 3.48. The highest BCUT2D eigenvalue weighted by molar-refractivity contribution is 7.10. The number of rotatable bonds is 7. The van der Waals surface area contributed by atoms with Gasteiger partial charge in [-0.25, -0.2) is 0 Å². The topological polar surface area (TPSA) is 72.7 Å². The highest BCUT2D eigenvalue weighted by atomic mass is 32.1. The summed E-state index contributed by atoms with van der Waals surface area (Å²) in [6.07, 6.45) is 0.988. The summed E-state index contributed by atoms with van der Waals surface area (Å²) in [6, 6.07) is 12.1. The Morgan fingerprint density at radius 3 is 2.62 bits per heavy atom. The molecule has 26 heavy (non-hydrogen) atoms. The molecule has 7 heteroatoms. The van der Waals surface area contributed by atoms with E-state index >= 15 is 0 Å². The van der Waals surface area contributed by atoms with Gasteiger partial charge in [-0.15, -0.1) is 21.5 Å². The number of carbonyl (C=O) groups is 1. The van der Waals surface area contributed by atoms with E-state index in [0.29, 0.717) is 11.7 Å². The fraction of sp³-hybridized carbons (Fsp3) is 0.368. The van der Waals surface area contributed by atoms with Gasteiger partial charge in [0, 0.05) is 10.4 Å². The zero-order valence-electron chi connectivity index (χ0n) is 15.2. The number of hydrogen-bond donors (Lipinski definition) is 1. The second-order valence-corrected chi connectivity index (χ2v) is 7.48. The minimum absolute atomic E-state index is 0.00733. The van der Waals surface area contributed by atoms with Gasteiger partial charge in [-0.05, 0) is 34.6 Å². The van der Waals surface area contributed by atoms with E-state index in [-0.39, 0.29) is 18.5 Å². The van der Waals surface area contributed by atoms with Crippen LogP contribution in [0, 0.1) is 5.92 Å². The molecule has 0 radical (unpaired) electrons. The molecular formula is C19H23N5OS. The Hall–Kier alpha value is -2.54. The van der Waals surface area contributed by atoms with Gasteiger partial charge < -0.3 is 5.32 Å². The second kappa shape index (κ2) is 8.23. The number of thiophene rings is 1. The van der Waals surface area contributed by atoms with E-state index in [2.05, 4.69) is 53.6 Å². The molecule has 0 unspecified atom stereocenters. The molecule has 136 valence electrons. The first kappa shape index (κ1) is 18.3. The molecule has 3 rings (SSSR count). The molecule has 3 aromatic rings. The predicted molar refractivity (Wildman–Crippen MR) is 103 cm³/mol. The lowest BCUT2D eigenvalue weighted by molar-refractivity contribution is -0.123. The number of nitrogens with zero attached hydrogens (tertiary/aromatic N) is 4. The van der Waals surface area contributed by atoms with Gasteiger partial charge in [-0.3, -0.25) is 4.79 Å². The fourth-order valence-electron chi connectivity index (χ4n) is 2.70. The van der Waals surface area contributed by atoms with Crippen molar-refractivity contribution >= 4 is 17.2 Å². The van der Waals surface area contributed by atoms with Crippen LogP contribution in [0.5, 0.6) is 0 Å². The summed E-state index contributed by atoms with van der Waals surface area (Å²) in [7, 11) is 0. The van der Waals surface area contributed by atoms with Crippen LogP contribution in [0.1, 0.15) is 37.3 Å². The first-order valence-electron chi connectivity index (χ1n) is 8.76. The van der Waals surface area contributed by atoms with Crippen molar-refractivity contribution in [1.82, 2.24) is 25.5 Å². The van der Waals surface area contributed by atoms with Gasteiger partial charge in [0.25, 0.3) is 0 Å². The molecule has 0 saturated carbocycles. The van der Waals surface area contributed by atoms with Gasteiger partial charge in [0.1, 0.15) is 6.54 Å². The molecule has 6 nitrogen and oxygen atoms in total. The molecule has 0 aliphatic rings. The van der Waals surface area contributed by atoms with E-state index in [1.807, 2.05) is 29.6 Å². The van der Waals surface area contributed by atoms with Gasteiger partial charge >= 0.3 is 0 Å². The maximum Gasteiger partial charge on any atom is 0.244 e. The van der Waals surface area contributed by atoms with Crippen LogP contribution >= 0.6 is 11.3 Å². The maximum absolute atomic E-state index is 12.4. The Morgan fingerprint density at radius 2 is 2.00 bits per heavy atom. The number of aryl methyl sites for hydroxylation is 1. The Kier molecular flexibility index (Phi) is 5.78. The van der Waals surface area contributed by atoms with E-state index in [4.69, 9.17) is 0 Å². The van der Waals surface area contributed by atoms with Crippen molar-refractivity contribution in [3.63, 3.8) is 0 Å². The van der Waals surface area contributed by atoms with Crippen molar-refractivity contribution in [2.75, 3.05) is 0 Å². The van der Waals surface area contributed by atoms with Crippen LogP contribution in [0.4, 0.5) is 0 Å². The summed E-state index contributed by atoms with van der Waals surface area (Å²) >= 11 is 1.65. The van der Waals surface area contributed by atoms with Crippen molar-refractivity contribution < 1.29 is 4.79 Å². The van der Waals surface area contributed by atoms with Crippen molar-refractivity contribution in [2.45, 2.75) is 39.8 Å². The Bertz CT molecular complexity index is 839. The summed E-state index contributed by atoms with van der Waals surface area (Å²) in [5.74, 6) is 0.704. The third-order valence-corrected chi connectivity index (χ3v) is 5.15. The lowest BCUT2D eigenvalue weighted by atomic mass is 10.0. The number of amides is 1. The van der Waals surface area contributed by atoms with Crippen molar-refractivity contribution in [2.24, 2.45) is 5.92 Å². The minimum atomic E-state index is -0.123. The third-order valence-electron chi connectivity index (χ3n) is 4.19. The highest BCUT2D eigenvalue weighted by Gasteiger charge is 2.20. The van der Waals surface area contributed by atoms with Crippen LogP contribution in [-0.4, -0.2) is 26.1 Å². The number of aromatic nitrogens is 4. The number of benzene rings is 1. The molecule has 0 saturated heterocycles. The maximum atomic E-state index is 12.4. The highest BCUT2D eigenvalue weighted by Crippen LogP contribution is 2.25. The monoisotopic (exact) mass is 369 g/mol. The molecule has 1 amide bonds. The van der Waals surface area contributed by atoms with Crippen LogP contribution in [-0.2, 0) is 17.8 Å².